The number of halogens is 1. The minimum absolute atomic E-state index is 0.191. The molecule has 0 spiro atoms. The summed E-state index contributed by atoms with van der Waals surface area (Å²) in [4.78, 5) is 0. The van der Waals surface area contributed by atoms with Crippen molar-refractivity contribution >= 4 is 37.9 Å². The molecule has 1 heterocycles. The predicted octanol–water partition coefficient (Wildman–Crippen LogP) is 2.84. The molecule has 0 bridgehead atoms. The first-order chi connectivity index (χ1) is 10.3. The molecule has 1 fully saturated rings. The largest absolute Gasteiger partial charge is 0.382 e. The highest BCUT2D eigenvalue weighted by atomic mass is 35.5. The van der Waals surface area contributed by atoms with E-state index in [1.165, 1.54) is 0 Å². The Kier molecular flexibility index (Phi) is 5.91. The summed E-state index contributed by atoms with van der Waals surface area (Å²) in [5.41, 5.74) is 1.80. The minimum atomic E-state index is -2.83. The van der Waals surface area contributed by atoms with Crippen LogP contribution in [0.1, 0.15) is 25.3 Å². The van der Waals surface area contributed by atoms with E-state index in [-0.39, 0.29) is 17.5 Å². The van der Waals surface area contributed by atoms with Crippen molar-refractivity contribution in [2.75, 3.05) is 23.1 Å². The molecule has 1 aromatic carbocycles. The van der Waals surface area contributed by atoms with E-state index in [1.54, 1.807) is 6.26 Å². The monoisotopic (exact) mass is 363 g/mol. The highest BCUT2D eigenvalue weighted by Crippen LogP contribution is 2.26. The topological polar surface area (TPSA) is 63.2 Å². The van der Waals surface area contributed by atoms with Crippen molar-refractivity contribution in [3.8, 4) is 0 Å². The second-order valence-corrected chi connectivity index (χ2v) is 10.1. The van der Waals surface area contributed by atoms with E-state index in [0.717, 1.165) is 11.3 Å². The van der Waals surface area contributed by atoms with Gasteiger partial charge < -0.3 is 5.32 Å². The fourth-order valence-electron chi connectivity index (χ4n) is 2.78. The molecule has 0 aliphatic carbocycles. The summed E-state index contributed by atoms with van der Waals surface area (Å²) in [5, 5.41) is 4.05. The molecule has 1 saturated heterocycles. The molecule has 1 aliphatic heterocycles. The van der Waals surface area contributed by atoms with Gasteiger partial charge in [-0.05, 0) is 49.4 Å². The number of benzene rings is 1. The molecule has 0 amide bonds. The lowest BCUT2D eigenvalue weighted by Crippen LogP contribution is -2.33. The Morgan fingerprint density at radius 1 is 1.36 bits per heavy atom. The average Bonchev–Trinajstić information content (AvgIpc) is 2.41. The van der Waals surface area contributed by atoms with Crippen molar-refractivity contribution in [2.45, 2.75) is 31.6 Å². The first-order valence-corrected chi connectivity index (χ1v) is 11.2. The van der Waals surface area contributed by atoms with Crippen molar-refractivity contribution < 1.29 is 12.6 Å². The second kappa shape index (κ2) is 7.32. The van der Waals surface area contributed by atoms with E-state index in [0.29, 0.717) is 29.5 Å². The van der Waals surface area contributed by atoms with E-state index in [1.807, 2.05) is 18.2 Å². The van der Waals surface area contributed by atoms with Crippen molar-refractivity contribution in [3.63, 3.8) is 0 Å². The van der Waals surface area contributed by atoms with Gasteiger partial charge in [-0.3, -0.25) is 4.21 Å². The lowest BCUT2D eigenvalue weighted by atomic mass is 9.94. The van der Waals surface area contributed by atoms with E-state index < -0.39 is 20.6 Å². The molecule has 2 atom stereocenters. The molecule has 1 N–H and O–H groups in total. The number of anilines is 1. The number of hydrogen-bond acceptors (Lipinski definition) is 4. The third kappa shape index (κ3) is 4.96. The van der Waals surface area contributed by atoms with Gasteiger partial charge in [0.25, 0.3) is 0 Å². The molecule has 0 aromatic heterocycles. The third-order valence-electron chi connectivity index (χ3n) is 4.11. The van der Waals surface area contributed by atoms with E-state index in [9.17, 15) is 12.6 Å². The third-order valence-corrected chi connectivity index (χ3v) is 6.91. The molecule has 0 saturated carbocycles. The SMILES string of the molecule is CC(Nc1ccc(Cl)c(CS(C)=O)c1)C1CCS(=O)(=O)CC1. The maximum absolute atomic E-state index is 11.5. The summed E-state index contributed by atoms with van der Waals surface area (Å²) in [5.74, 6) is 1.35. The van der Waals surface area contributed by atoms with Crippen LogP contribution in [0.4, 0.5) is 5.69 Å². The zero-order valence-corrected chi connectivity index (χ0v) is 15.2. The van der Waals surface area contributed by atoms with Gasteiger partial charge in [0.05, 0.1) is 11.5 Å². The predicted molar refractivity (Wildman–Crippen MR) is 93.7 cm³/mol. The Balaban J connectivity index is 2.02. The van der Waals surface area contributed by atoms with Crippen molar-refractivity contribution in [1.82, 2.24) is 0 Å². The number of sulfone groups is 1. The fourth-order valence-corrected chi connectivity index (χ4v) is 5.25. The first-order valence-electron chi connectivity index (χ1n) is 7.32. The van der Waals surface area contributed by atoms with Gasteiger partial charge in [-0.15, -0.1) is 0 Å². The molecule has 124 valence electrons. The zero-order valence-electron chi connectivity index (χ0n) is 12.8. The normalized spacial score (nSPS) is 21.2. The summed E-state index contributed by atoms with van der Waals surface area (Å²) < 4.78 is 34.4. The molecule has 1 aliphatic rings. The van der Waals surface area contributed by atoms with Crippen LogP contribution >= 0.6 is 11.6 Å². The number of rotatable bonds is 5. The fraction of sp³-hybridized carbons (Fsp3) is 0.600. The highest BCUT2D eigenvalue weighted by molar-refractivity contribution is 7.91. The van der Waals surface area contributed by atoms with Crippen molar-refractivity contribution in [3.05, 3.63) is 28.8 Å². The van der Waals surface area contributed by atoms with E-state index >= 15 is 0 Å². The van der Waals surface area contributed by atoms with Crippen LogP contribution < -0.4 is 5.32 Å². The molecule has 22 heavy (non-hydrogen) atoms. The van der Waals surface area contributed by atoms with Crippen LogP contribution in [-0.4, -0.2) is 36.4 Å². The van der Waals surface area contributed by atoms with Gasteiger partial charge in [0.2, 0.25) is 0 Å². The van der Waals surface area contributed by atoms with Crippen LogP contribution in [0.25, 0.3) is 0 Å². The second-order valence-electron chi connectivity index (χ2n) is 5.95. The summed E-state index contributed by atoms with van der Waals surface area (Å²) in [6, 6.07) is 5.83. The lowest BCUT2D eigenvalue weighted by molar-refractivity contribution is 0.420. The molecular weight excluding hydrogens is 342 g/mol. The molecule has 0 radical (unpaired) electrons. The smallest absolute Gasteiger partial charge is 0.150 e. The molecular formula is C15H22ClNO3S2. The Labute approximate surface area is 140 Å². The van der Waals surface area contributed by atoms with Gasteiger partial charge >= 0.3 is 0 Å². The van der Waals surface area contributed by atoms with Crippen LogP contribution in [-0.2, 0) is 26.4 Å². The standard InChI is InChI=1S/C15H22ClNO3S2/c1-11(12-5-7-22(19,20)8-6-12)17-14-3-4-15(16)13(9-14)10-21(2)18/h3-4,9,11-12,17H,5-8,10H2,1-2H3. The summed E-state index contributed by atoms with van der Waals surface area (Å²) in [6.07, 6.45) is 3.06. The van der Waals surface area contributed by atoms with Crippen LogP contribution in [0.2, 0.25) is 5.02 Å². The molecule has 1 aromatic rings. The van der Waals surface area contributed by atoms with Gasteiger partial charge in [-0.25, -0.2) is 8.42 Å². The maximum Gasteiger partial charge on any atom is 0.150 e. The van der Waals surface area contributed by atoms with Crippen molar-refractivity contribution in [2.24, 2.45) is 5.92 Å². The lowest BCUT2D eigenvalue weighted by Gasteiger charge is -2.29. The van der Waals surface area contributed by atoms with Gasteiger partial charge in [-0.2, -0.15) is 0 Å². The molecule has 7 heteroatoms. The van der Waals surface area contributed by atoms with Crippen LogP contribution in [0, 0.1) is 5.92 Å². The molecule has 2 unspecified atom stereocenters. The quantitative estimate of drug-likeness (QED) is 0.873. The van der Waals surface area contributed by atoms with Gasteiger partial charge in [0, 0.05) is 39.6 Å². The Bertz CT molecular complexity index is 647. The summed E-state index contributed by atoms with van der Waals surface area (Å²) in [7, 11) is -3.77. The Hall–Kier alpha value is -0.590. The number of nitrogens with one attached hydrogen (secondary N) is 1. The highest BCUT2D eigenvalue weighted by Gasteiger charge is 2.27. The van der Waals surface area contributed by atoms with Crippen molar-refractivity contribution in [1.29, 1.82) is 0 Å². The van der Waals surface area contributed by atoms with E-state index in [2.05, 4.69) is 12.2 Å². The molecule has 2 rings (SSSR count). The first kappa shape index (κ1) is 17.8. The Morgan fingerprint density at radius 3 is 2.59 bits per heavy atom. The maximum atomic E-state index is 11.5. The summed E-state index contributed by atoms with van der Waals surface area (Å²) >= 11 is 6.13. The van der Waals surface area contributed by atoms with Crippen LogP contribution in [0.15, 0.2) is 18.2 Å². The van der Waals surface area contributed by atoms with Gasteiger partial charge in [-0.1, -0.05) is 11.6 Å². The van der Waals surface area contributed by atoms with E-state index in [4.69, 9.17) is 11.6 Å². The van der Waals surface area contributed by atoms with Gasteiger partial charge in [0.1, 0.15) is 9.84 Å². The summed E-state index contributed by atoms with van der Waals surface area (Å²) in [6.45, 7) is 2.08. The van der Waals surface area contributed by atoms with Crippen LogP contribution in [0.5, 0.6) is 0 Å². The average molecular weight is 364 g/mol. The zero-order chi connectivity index (χ0) is 16.3. The Morgan fingerprint density at radius 2 is 2.00 bits per heavy atom. The molecule has 4 nitrogen and oxygen atoms in total. The minimum Gasteiger partial charge on any atom is -0.382 e. The van der Waals surface area contributed by atoms with Crippen LogP contribution in [0.3, 0.4) is 0 Å². The number of hydrogen-bond donors (Lipinski definition) is 1. The van der Waals surface area contributed by atoms with Gasteiger partial charge in [0.15, 0.2) is 0 Å².